The Morgan fingerprint density at radius 2 is 1.54 bits per heavy atom. The van der Waals surface area contributed by atoms with Crippen LogP contribution in [0.3, 0.4) is 0 Å². The number of nitrogens with zero attached hydrogens (tertiary/aromatic N) is 3. The van der Waals surface area contributed by atoms with E-state index in [-0.39, 0.29) is 18.0 Å². The van der Waals surface area contributed by atoms with Gasteiger partial charge in [-0.15, -0.1) is 0 Å². The first kappa shape index (κ1) is 16.9. The lowest BCUT2D eigenvalue weighted by Crippen LogP contribution is -2.48. The van der Waals surface area contributed by atoms with Crippen LogP contribution in [0, 0.1) is 11.6 Å². The molecular weight excluding hydrogens is 336 g/mol. The number of rotatable bonds is 4. The molecule has 1 aromatic heterocycles. The van der Waals surface area contributed by atoms with Crippen LogP contribution in [0.2, 0.25) is 0 Å². The molecule has 1 aromatic carbocycles. The van der Waals surface area contributed by atoms with Gasteiger partial charge in [-0.1, -0.05) is 0 Å². The molecule has 0 N–H and O–H groups in total. The SMILES string of the molecule is O=S(=O)(c1cc(F)cc(F)c1)N1CCN(Cc2ccncc2)CC1. The van der Waals surface area contributed by atoms with E-state index in [2.05, 4.69) is 9.88 Å². The van der Waals surface area contributed by atoms with Gasteiger partial charge in [-0.25, -0.2) is 17.2 Å². The van der Waals surface area contributed by atoms with Crippen LogP contribution >= 0.6 is 0 Å². The topological polar surface area (TPSA) is 53.5 Å². The molecule has 0 radical (unpaired) electrons. The second-order valence-electron chi connectivity index (χ2n) is 5.64. The molecule has 0 amide bonds. The van der Waals surface area contributed by atoms with E-state index >= 15 is 0 Å². The molecule has 5 nitrogen and oxygen atoms in total. The molecule has 1 aliphatic heterocycles. The van der Waals surface area contributed by atoms with Crippen molar-refractivity contribution in [2.75, 3.05) is 26.2 Å². The summed E-state index contributed by atoms with van der Waals surface area (Å²) in [7, 11) is -3.89. The van der Waals surface area contributed by atoms with Crippen LogP contribution in [0.5, 0.6) is 0 Å². The first-order chi connectivity index (χ1) is 11.4. The highest BCUT2D eigenvalue weighted by molar-refractivity contribution is 7.89. The largest absolute Gasteiger partial charge is 0.296 e. The molecule has 2 heterocycles. The molecule has 1 fully saturated rings. The van der Waals surface area contributed by atoms with E-state index in [1.807, 2.05) is 12.1 Å². The maximum atomic E-state index is 13.3. The minimum absolute atomic E-state index is 0.283. The van der Waals surface area contributed by atoms with Gasteiger partial charge in [0.1, 0.15) is 11.6 Å². The second kappa shape index (κ2) is 6.92. The van der Waals surface area contributed by atoms with Gasteiger partial charge in [0, 0.05) is 51.2 Å². The Morgan fingerprint density at radius 3 is 2.12 bits per heavy atom. The van der Waals surface area contributed by atoms with Crippen LogP contribution in [-0.4, -0.2) is 48.8 Å². The third-order valence-corrected chi connectivity index (χ3v) is 5.84. The van der Waals surface area contributed by atoms with Crippen molar-refractivity contribution in [3.05, 3.63) is 59.9 Å². The molecule has 128 valence electrons. The van der Waals surface area contributed by atoms with Gasteiger partial charge in [0.25, 0.3) is 0 Å². The number of hydrogen-bond acceptors (Lipinski definition) is 4. The monoisotopic (exact) mass is 353 g/mol. The van der Waals surface area contributed by atoms with Gasteiger partial charge in [-0.3, -0.25) is 9.88 Å². The van der Waals surface area contributed by atoms with Crippen molar-refractivity contribution in [1.29, 1.82) is 0 Å². The van der Waals surface area contributed by atoms with Crippen LogP contribution in [0.1, 0.15) is 5.56 Å². The zero-order chi connectivity index (χ0) is 17.2. The Kier molecular flexibility index (Phi) is 4.88. The number of hydrogen-bond donors (Lipinski definition) is 0. The van der Waals surface area contributed by atoms with Crippen molar-refractivity contribution in [1.82, 2.24) is 14.2 Å². The molecule has 1 aliphatic rings. The van der Waals surface area contributed by atoms with Crippen molar-refractivity contribution in [2.24, 2.45) is 0 Å². The van der Waals surface area contributed by atoms with Crippen molar-refractivity contribution < 1.29 is 17.2 Å². The van der Waals surface area contributed by atoms with Gasteiger partial charge in [-0.2, -0.15) is 4.31 Å². The summed E-state index contributed by atoms with van der Waals surface area (Å²) in [5, 5.41) is 0. The molecule has 0 unspecified atom stereocenters. The van der Waals surface area contributed by atoms with Gasteiger partial charge in [-0.05, 0) is 29.8 Å². The van der Waals surface area contributed by atoms with Crippen LogP contribution in [-0.2, 0) is 16.6 Å². The lowest BCUT2D eigenvalue weighted by Gasteiger charge is -2.34. The quantitative estimate of drug-likeness (QED) is 0.842. The fourth-order valence-electron chi connectivity index (χ4n) is 2.70. The molecule has 0 aliphatic carbocycles. The molecule has 0 saturated carbocycles. The van der Waals surface area contributed by atoms with Crippen LogP contribution in [0.25, 0.3) is 0 Å². The maximum absolute atomic E-state index is 13.3. The molecule has 0 spiro atoms. The minimum atomic E-state index is -3.89. The van der Waals surface area contributed by atoms with E-state index in [1.54, 1.807) is 12.4 Å². The number of piperazine rings is 1. The highest BCUT2D eigenvalue weighted by Gasteiger charge is 2.29. The average molecular weight is 353 g/mol. The highest BCUT2D eigenvalue weighted by Crippen LogP contribution is 2.20. The summed E-state index contributed by atoms with van der Waals surface area (Å²) in [6, 6.07) is 6.19. The fraction of sp³-hybridized carbons (Fsp3) is 0.312. The van der Waals surface area contributed by atoms with Crippen molar-refractivity contribution in [3.63, 3.8) is 0 Å². The Bertz CT molecular complexity index is 787. The maximum Gasteiger partial charge on any atom is 0.243 e. The average Bonchev–Trinajstić information content (AvgIpc) is 2.55. The van der Waals surface area contributed by atoms with Gasteiger partial charge in [0.15, 0.2) is 0 Å². The number of pyridine rings is 1. The van der Waals surface area contributed by atoms with Gasteiger partial charge in [0.05, 0.1) is 4.90 Å². The Labute approximate surface area is 139 Å². The van der Waals surface area contributed by atoms with Gasteiger partial charge >= 0.3 is 0 Å². The Morgan fingerprint density at radius 1 is 0.958 bits per heavy atom. The smallest absolute Gasteiger partial charge is 0.243 e. The summed E-state index contributed by atoms with van der Waals surface area (Å²) in [4.78, 5) is 5.75. The first-order valence-electron chi connectivity index (χ1n) is 7.53. The summed E-state index contributed by atoms with van der Waals surface area (Å²) in [6.45, 7) is 2.39. The number of sulfonamides is 1. The molecule has 0 atom stereocenters. The molecule has 8 heteroatoms. The van der Waals surface area contributed by atoms with E-state index in [9.17, 15) is 17.2 Å². The van der Waals surface area contributed by atoms with Gasteiger partial charge in [0.2, 0.25) is 10.0 Å². The summed E-state index contributed by atoms with van der Waals surface area (Å²) >= 11 is 0. The third-order valence-electron chi connectivity index (χ3n) is 3.96. The number of halogens is 2. The lowest BCUT2D eigenvalue weighted by molar-refractivity contribution is 0.181. The summed E-state index contributed by atoms with van der Waals surface area (Å²) < 4.78 is 52.9. The normalized spacial score (nSPS) is 17.1. The van der Waals surface area contributed by atoms with Crippen molar-refractivity contribution in [3.8, 4) is 0 Å². The first-order valence-corrected chi connectivity index (χ1v) is 8.97. The predicted octanol–water partition coefficient (Wildman–Crippen LogP) is 1.87. The van der Waals surface area contributed by atoms with Crippen LogP contribution in [0.15, 0.2) is 47.6 Å². The van der Waals surface area contributed by atoms with Crippen molar-refractivity contribution >= 4 is 10.0 Å². The predicted molar refractivity (Wildman–Crippen MR) is 84.6 cm³/mol. The molecule has 0 bridgehead atoms. The summed E-state index contributed by atoms with van der Waals surface area (Å²) in [5.41, 5.74) is 1.11. The lowest BCUT2D eigenvalue weighted by atomic mass is 10.2. The van der Waals surface area contributed by atoms with Crippen LogP contribution in [0.4, 0.5) is 8.78 Å². The molecule has 1 saturated heterocycles. The van der Waals surface area contributed by atoms with Gasteiger partial charge < -0.3 is 0 Å². The van der Waals surface area contributed by atoms with E-state index in [0.29, 0.717) is 25.7 Å². The minimum Gasteiger partial charge on any atom is -0.296 e. The molecule has 3 rings (SSSR count). The zero-order valence-corrected chi connectivity index (χ0v) is 13.7. The summed E-state index contributed by atoms with van der Waals surface area (Å²) in [5.74, 6) is -1.80. The fourth-order valence-corrected chi connectivity index (χ4v) is 4.17. The third kappa shape index (κ3) is 3.77. The Balaban J connectivity index is 1.67. The number of aromatic nitrogens is 1. The molecule has 2 aromatic rings. The molecular formula is C16H17F2N3O2S. The van der Waals surface area contributed by atoms with Crippen molar-refractivity contribution in [2.45, 2.75) is 11.4 Å². The van der Waals surface area contributed by atoms with Crippen LogP contribution < -0.4 is 0 Å². The second-order valence-corrected chi connectivity index (χ2v) is 7.58. The Hall–Kier alpha value is -1.90. The van der Waals surface area contributed by atoms with E-state index in [0.717, 1.165) is 17.7 Å². The zero-order valence-electron chi connectivity index (χ0n) is 12.9. The summed E-state index contributed by atoms with van der Waals surface area (Å²) in [6.07, 6.45) is 3.43. The number of benzene rings is 1. The highest BCUT2D eigenvalue weighted by atomic mass is 32.2. The standard InChI is InChI=1S/C16H17F2N3O2S/c17-14-9-15(18)11-16(10-14)24(22,23)21-7-5-20(6-8-21)12-13-1-3-19-4-2-13/h1-4,9-11H,5-8,12H2. The van der Waals surface area contributed by atoms with E-state index < -0.39 is 21.7 Å². The molecule has 24 heavy (non-hydrogen) atoms. The van der Waals surface area contributed by atoms with E-state index in [1.165, 1.54) is 4.31 Å². The van der Waals surface area contributed by atoms with E-state index in [4.69, 9.17) is 0 Å².